The highest BCUT2D eigenvalue weighted by Gasteiger charge is 2.21. The van der Waals surface area contributed by atoms with Crippen molar-refractivity contribution >= 4 is 0 Å². The van der Waals surface area contributed by atoms with Crippen molar-refractivity contribution in [2.75, 3.05) is 19.8 Å². The van der Waals surface area contributed by atoms with E-state index < -0.39 is 0 Å². The van der Waals surface area contributed by atoms with Crippen molar-refractivity contribution in [1.29, 1.82) is 0 Å². The van der Waals surface area contributed by atoms with Gasteiger partial charge in [-0.2, -0.15) is 0 Å². The molecule has 0 aromatic heterocycles. The second-order valence-electron chi connectivity index (χ2n) is 4.49. The van der Waals surface area contributed by atoms with Crippen LogP contribution in [0.1, 0.15) is 36.9 Å². The summed E-state index contributed by atoms with van der Waals surface area (Å²) < 4.78 is 11.1. The smallest absolute Gasteiger partial charge is 0.127 e. The van der Waals surface area contributed by atoms with E-state index in [1.54, 1.807) is 0 Å². The molecule has 4 heteroatoms. The number of hydrogen-bond donors (Lipinski definition) is 2. The summed E-state index contributed by atoms with van der Waals surface area (Å²) in [5.41, 5.74) is 5.35. The molecule has 18 heavy (non-hydrogen) atoms. The van der Waals surface area contributed by atoms with Crippen LogP contribution in [0.5, 0.6) is 5.75 Å². The van der Waals surface area contributed by atoms with Crippen molar-refractivity contribution < 1.29 is 9.47 Å². The highest BCUT2D eigenvalue weighted by Crippen LogP contribution is 2.34. The first-order chi connectivity index (χ1) is 8.86. The first-order valence-corrected chi connectivity index (χ1v) is 6.65. The zero-order chi connectivity index (χ0) is 12.8. The predicted octanol–water partition coefficient (Wildman–Crippen LogP) is 1.94. The van der Waals surface area contributed by atoms with E-state index in [9.17, 15) is 0 Å². The number of para-hydroxylation sites is 1. The van der Waals surface area contributed by atoms with Crippen LogP contribution in [0.3, 0.4) is 0 Å². The standard InChI is InChI=1S/C14H22N2O2/c1-2-17-9-4-7-13(16-15)12-6-3-5-11-8-10-18-14(11)12/h3,5-6,13,16H,2,4,7-10,15H2,1H3. The lowest BCUT2D eigenvalue weighted by Crippen LogP contribution is -2.28. The fraction of sp³-hybridized carbons (Fsp3) is 0.571. The third kappa shape index (κ3) is 3.02. The maximum absolute atomic E-state index is 5.71. The number of nitrogens with two attached hydrogens (primary N) is 1. The molecule has 1 aliphatic heterocycles. The fourth-order valence-corrected chi connectivity index (χ4v) is 2.38. The van der Waals surface area contributed by atoms with Gasteiger partial charge in [0.25, 0.3) is 0 Å². The molecule has 4 nitrogen and oxygen atoms in total. The Morgan fingerprint density at radius 2 is 2.39 bits per heavy atom. The van der Waals surface area contributed by atoms with Gasteiger partial charge in [-0.05, 0) is 25.3 Å². The number of hydrazine groups is 1. The normalized spacial score (nSPS) is 15.2. The van der Waals surface area contributed by atoms with Gasteiger partial charge in [0.15, 0.2) is 0 Å². The molecular formula is C14H22N2O2. The minimum Gasteiger partial charge on any atom is -0.493 e. The molecule has 1 aromatic rings. The highest BCUT2D eigenvalue weighted by atomic mass is 16.5. The number of hydrogen-bond acceptors (Lipinski definition) is 4. The Balaban J connectivity index is 2.01. The highest BCUT2D eigenvalue weighted by molar-refractivity contribution is 5.45. The van der Waals surface area contributed by atoms with Crippen LogP contribution in [0, 0.1) is 0 Å². The van der Waals surface area contributed by atoms with Crippen molar-refractivity contribution in [2.45, 2.75) is 32.2 Å². The molecule has 1 atom stereocenters. The lowest BCUT2D eigenvalue weighted by atomic mass is 9.99. The van der Waals surface area contributed by atoms with Crippen LogP contribution in [-0.2, 0) is 11.2 Å². The Bertz CT molecular complexity index is 382. The second-order valence-corrected chi connectivity index (χ2v) is 4.49. The van der Waals surface area contributed by atoms with Gasteiger partial charge in [0.2, 0.25) is 0 Å². The molecule has 0 saturated carbocycles. The largest absolute Gasteiger partial charge is 0.493 e. The number of fused-ring (bicyclic) bond motifs is 1. The van der Waals surface area contributed by atoms with E-state index in [-0.39, 0.29) is 6.04 Å². The molecule has 0 fully saturated rings. The van der Waals surface area contributed by atoms with Crippen LogP contribution in [-0.4, -0.2) is 19.8 Å². The number of nitrogens with one attached hydrogen (secondary N) is 1. The van der Waals surface area contributed by atoms with Crippen molar-refractivity contribution in [3.05, 3.63) is 29.3 Å². The molecule has 1 aromatic carbocycles. The van der Waals surface area contributed by atoms with Gasteiger partial charge in [-0.25, -0.2) is 0 Å². The molecule has 100 valence electrons. The minimum absolute atomic E-state index is 0.138. The van der Waals surface area contributed by atoms with Crippen LogP contribution in [0.25, 0.3) is 0 Å². The first kappa shape index (κ1) is 13.3. The van der Waals surface area contributed by atoms with Gasteiger partial charge in [0.1, 0.15) is 5.75 Å². The summed E-state index contributed by atoms with van der Waals surface area (Å²) >= 11 is 0. The number of rotatable bonds is 7. The Labute approximate surface area is 108 Å². The summed E-state index contributed by atoms with van der Waals surface area (Å²) in [5, 5.41) is 0. The Morgan fingerprint density at radius 1 is 1.50 bits per heavy atom. The van der Waals surface area contributed by atoms with Crippen molar-refractivity contribution in [3.8, 4) is 5.75 Å². The van der Waals surface area contributed by atoms with E-state index in [1.165, 1.54) is 11.1 Å². The second kappa shape index (κ2) is 6.73. The molecule has 3 N–H and O–H groups in total. The van der Waals surface area contributed by atoms with Crippen molar-refractivity contribution in [1.82, 2.24) is 5.43 Å². The van der Waals surface area contributed by atoms with Crippen LogP contribution >= 0.6 is 0 Å². The molecule has 0 bridgehead atoms. The molecule has 0 saturated heterocycles. The molecule has 0 radical (unpaired) electrons. The Morgan fingerprint density at radius 3 is 3.17 bits per heavy atom. The number of benzene rings is 1. The summed E-state index contributed by atoms with van der Waals surface area (Å²) in [7, 11) is 0. The van der Waals surface area contributed by atoms with Gasteiger partial charge in [0, 0.05) is 31.2 Å². The lowest BCUT2D eigenvalue weighted by Gasteiger charge is -2.18. The fourth-order valence-electron chi connectivity index (χ4n) is 2.38. The van der Waals surface area contributed by atoms with E-state index in [0.29, 0.717) is 0 Å². The van der Waals surface area contributed by atoms with Crippen molar-refractivity contribution in [3.63, 3.8) is 0 Å². The van der Waals surface area contributed by atoms with Crippen LogP contribution in [0.15, 0.2) is 18.2 Å². The summed E-state index contributed by atoms with van der Waals surface area (Å²) in [6.45, 7) is 4.34. The summed E-state index contributed by atoms with van der Waals surface area (Å²) in [6, 6.07) is 6.43. The third-order valence-electron chi connectivity index (χ3n) is 3.31. The Hall–Kier alpha value is -1.10. The quantitative estimate of drug-likeness (QED) is 0.441. The van der Waals surface area contributed by atoms with E-state index in [2.05, 4.69) is 23.6 Å². The van der Waals surface area contributed by atoms with Crippen LogP contribution < -0.4 is 16.0 Å². The molecule has 1 unspecified atom stereocenters. The average molecular weight is 250 g/mol. The average Bonchev–Trinajstić information content (AvgIpc) is 2.87. The van der Waals surface area contributed by atoms with Gasteiger partial charge in [-0.15, -0.1) is 0 Å². The van der Waals surface area contributed by atoms with Gasteiger partial charge in [-0.3, -0.25) is 11.3 Å². The molecule has 0 aliphatic carbocycles. The van der Waals surface area contributed by atoms with Crippen molar-refractivity contribution in [2.24, 2.45) is 5.84 Å². The molecule has 1 aliphatic rings. The minimum atomic E-state index is 0.138. The van der Waals surface area contributed by atoms with E-state index >= 15 is 0 Å². The Kier molecular flexibility index (Phi) is 4.99. The number of ether oxygens (including phenoxy) is 2. The van der Waals surface area contributed by atoms with Gasteiger partial charge in [-0.1, -0.05) is 18.2 Å². The van der Waals surface area contributed by atoms with Crippen LogP contribution in [0.4, 0.5) is 0 Å². The lowest BCUT2D eigenvalue weighted by molar-refractivity contribution is 0.140. The molecular weight excluding hydrogens is 228 g/mol. The zero-order valence-electron chi connectivity index (χ0n) is 10.9. The maximum Gasteiger partial charge on any atom is 0.127 e. The van der Waals surface area contributed by atoms with E-state index in [4.69, 9.17) is 15.3 Å². The van der Waals surface area contributed by atoms with Gasteiger partial charge < -0.3 is 9.47 Å². The summed E-state index contributed by atoms with van der Waals surface area (Å²) in [5.74, 6) is 6.69. The predicted molar refractivity (Wildman–Crippen MR) is 71.4 cm³/mol. The first-order valence-electron chi connectivity index (χ1n) is 6.65. The third-order valence-corrected chi connectivity index (χ3v) is 3.31. The molecule has 0 amide bonds. The van der Waals surface area contributed by atoms with Gasteiger partial charge >= 0.3 is 0 Å². The van der Waals surface area contributed by atoms with E-state index in [1.807, 2.05) is 6.92 Å². The molecule has 1 heterocycles. The molecule has 0 spiro atoms. The zero-order valence-corrected chi connectivity index (χ0v) is 10.9. The summed E-state index contributed by atoms with van der Waals surface area (Å²) in [4.78, 5) is 0. The maximum atomic E-state index is 5.71. The van der Waals surface area contributed by atoms with E-state index in [0.717, 1.165) is 44.8 Å². The van der Waals surface area contributed by atoms with Crippen LogP contribution in [0.2, 0.25) is 0 Å². The summed E-state index contributed by atoms with van der Waals surface area (Å²) in [6.07, 6.45) is 2.95. The SMILES string of the molecule is CCOCCCC(NN)c1cccc2c1OCC2. The topological polar surface area (TPSA) is 56.5 Å². The molecule has 2 rings (SSSR count). The monoisotopic (exact) mass is 250 g/mol. The van der Waals surface area contributed by atoms with Gasteiger partial charge in [0.05, 0.1) is 6.61 Å².